The van der Waals surface area contributed by atoms with Gasteiger partial charge in [-0.2, -0.15) is 0 Å². The van der Waals surface area contributed by atoms with Gasteiger partial charge in [-0.1, -0.05) is 23.8 Å². The molecule has 1 amide bonds. The summed E-state index contributed by atoms with van der Waals surface area (Å²) in [7, 11) is 0. The fraction of sp³-hybridized carbons (Fsp3) is 0.235. The first-order valence-corrected chi connectivity index (χ1v) is 7.20. The highest BCUT2D eigenvalue weighted by Crippen LogP contribution is 2.28. The number of hydrogen-bond donors (Lipinski definition) is 2. The van der Waals surface area contributed by atoms with Crippen molar-refractivity contribution in [3.05, 3.63) is 63.2 Å². The summed E-state index contributed by atoms with van der Waals surface area (Å²) in [5.41, 5.74) is 3.22. The number of phenolic OH excluding ortho intramolecular Hbond substituents is 1. The number of phenols is 1. The largest absolute Gasteiger partial charge is 0.506 e. The van der Waals surface area contributed by atoms with Crippen LogP contribution in [0.15, 0.2) is 36.4 Å². The summed E-state index contributed by atoms with van der Waals surface area (Å²) in [6.45, 7) is 4.00. The number of benzene rings is 2. The zero-order valence-corrected chi connectivity index (χ0v) is 13.0. The highest BCUT2D eigenvalue weighted by atomic mass is 16.6. The maximum Gasteiger partial charge on any atom is 0.271 e. The molecule has 0 saturated heterocycles. The van der Waals surface area contributed by atoms with E-state index in [2.05, 4.69) is 11.4 Å². The van der Waals surface area contributed by atoms with Crippen LogP contribution in [0.3, 0.4) is 0 Å². The van der Waals surface area contributed by atoms with E-state index in [9.17, 15) is 20.0 Å². The molecule has 6 nitrogen and oxygen atoms in total. The maximum absolute atomic E-state index is 12.0. The number of hydrogen-bond acceptors (Lipinski definition) is 4. The van der Waals surface area contributed by atoms with Gasteiger partial charge in [0.15, 0.2) is 0 Å². The maximum atomic E-state index is 12.0. The number of non-ortho nitro benzene ring substituents is 1. The average molecular weight is 314 g/mol. The Hall–Kier alpha value is -2.89. The summed E-state index contributed by atoms with van der Waals surface area (Å²) in [5.74, 6) is -0.503. The van der Waals surface area contributed by atoms with Crippen molar-refractivity contribution in [1.29, 1.82) is 0 Å². The number of nitrogens with one attached hydrogen (secondary N) is 1. The van der Waals surface area contributed by atoms with Crippen LogP contribution in [0, 0.1) is 24.0 Å². The van der Waals surface area contributed by atoms with Gasteiger partial charge in [0.2, 0.25) is 5.91 Å². The van der Waals surface area contributed by atoms with Crippen molar-refractivity contribution in [2.24, 2.45) is 0 Å². The Balaban J connectivity index is 2.02. The van der Waals surface area contributed by atoms with Crippen LogP contribution in [0.25, 0.3) is 0 Å². The van der Waals surface area contributed by atoms with Gasteiger partial charge in [0.1, 0.15) is 5.75 Å². The molecule has 6 heteroatoms. The number of nitrogens with zero attached hydrogens (tertiary/aromatic N) is 1. The van der Waals surface area contributed by atoms with Crippen LogP contribution in [-0.2, 0) is 11.2 Å². The molecule has 2 rings (SSSR count). The Morgan fingerprint density at radius 2 is 1.96 bits per heavy atom. The van der Waals surface area contributed by atoms with E-state index in [0.29, 0.717) is 6.42 Å². The molecule has 0 atom stereocenters. The molecule has 0 bridgehead atoms. The molecule has 0 aliphatic rings. The van der Waals surface area contributed by atoms with Gasteiger partial charge >= 0.3 is 0 Å². The predicted molar refractivity (Wildman–Crippen MR) is 87.6 cm³/mol. The van der Waals surface area contributed by atoms with E-state index < -0.39 is 4.92 Å². The van der Waals surface area contributed by atoms with E-state index >= 15 is 0 Å². The van der Waals surface area contributed by atoms with Crippen LogP contribution < -0.4 is 5.32 Å². The van der Waals surface area contributed by atoms with Crippen LogP contribution in [0.4, 0.5) is 11.4 Å². The topological polar surface area (TPSA) is 92.5 Å². The molecule has 23 heavy (non-hydrogen) atoms. The second-order valence-electron chi connectivity index (χ2n) is 5.44. The van der Waals surface area contributed by atoms with Gasteiger partial charge in [-0.05, 0) is 37.5 Å². The minimum atomic E-state index is -0.579. The van der Waals surface area contributed by atoms with E-state index in [1.54, 1.807) is 0 Å². The monoisotopic (exact) mass is 314 g/mol. The summed E-state index contributed by atoms with van der Waals surface area (Å²) < 4.78 is 0. The molecular weight excluding hydrogens is 296 g/mol. The van der Waals surface area contributed by atoms with Crippen molar-refractivity contribution >= 4 is 17.3 Å². The zero-order valence-electron chi connectivity index (χ0n) is 13.0. The van der Waals surface area contributed by atoms with E-state index in [4.69, 9.17) is 0 Å². The lowest BCUT2D eigenvalue weighted by Gasteiger charge is -2.09. The van der Waals surface area contributed by atoms with Gasteiger partial charge in [0.05, 0.1) is 10.6 Å². The lowest BCUT2D eigenvalue weighted by atomic mass is 10.0. The molecule has 0 saturated carbocycles. The molecule has 0 fully saturated rings. The van der Waals surface area contributed by atoms with Crippen LogP contribution in [0.5, 0.6) is 5.75 Å². The summed E-state index contributed by atoms with van der Waals surface area (Å²) in [4.78, 5) is 22.2. The second kappa shape index (κ2) is 6.91. The van der Waals surface area contributed by atoms with Crippen molar-refractivity contribution in [1.82, 2.24) is 0 Å². The minimum absolute atomic E-state index is 0.0461. The van der Waals surface area contributed by atoms with Crippen LogP contribution in [0.1, 0.15) is 23.1 Å². The Labute approximate surface area is 133 Å². The molecule has 2 aromatic carbocycles. The normalized spacial score (nSPS) is 10.3. The van der Waals surface area contributed by atoms with Gasteiger partial charge in [-0.3, -0.25) is 14.9 Å². The van der Waals surface area contributed by atoms with Crippen LogP contribution in [-0.4, -0.2) is 15.9 Å². The first-order valence-electron chi connectivity index (χ1n) is 7.20. The van der Waals surface area contributed by atoms with Gasteiger partial charge in [-0.25, -0.2) is 0 Å². The van der Waals surface area contributed by atoms with Crippen LogP contribution >= 0.6 is 0 Å². The smallest absolute Gasteiger partial charge is 0.271 e. The SMILES string of the molecule is Cc1ccc(CCC(=O)Nc2cc([N+](=O)[O-])ccc2O)c(C)c1. The first-order chi connectivity index (χ1) is 10.9. The minimum Gasteiger partial charge on any atom is -0.506 e. The van der Waals surface area contributed by atoms with Gasteiger partial charge in [0, 0.05) is 18.6 Å². The number of aromatic hydroxyl groups is 1. The van der Waals surface area contributed by atoms with Crippen molar-refractivity contribution < 1.29 is 14.8 Å². The Kier molecular flexibility index (Phi) is 4.95. The Morgan fingerprint density at radius 1 is 1.22 bits per heavy atom. The molecule has 2 aromatic rings. The molecule has 0 aromatic heterocycles. The fourth-order valence-corrected chi connectivity index (χ4v) is 2.32. The number of nitro groups is 1. The van der Waals surface area contributed by atoms with Crippen molar-refractivity contribution in [3.63, 3.8) is 0 Å². The molecule has 2 N–H and O–H groups in total. The fourth-order valence-electron chi connectivity index (χ4n) is 2.32. The van der Waals surface area contributed by atoms with E-state index in [0.717, 1.165) is 22.8 Å². The molecule has 120 valence electrons. The molecule has 0 spiro atoms. The number of rotatable bonds is 5. The highest BCUT2D eigenvalue weighted by molar-refractivity contribution is 5.92. The molecule has 0 unspecified atom stereocenters. The molecule has 0 radical (unpaired) electrons. The highest BCUT2D eigenvalue weighted by Gasteiger charge is 2.13. The molecular formula is C17H18N2O4. The van der Waals surface area contributed by atoms with E-state index in [1.807, 2.05) is 26.0 Å². The van der Waals surface area contributed by atoms with Crippen LogP contribution in [0.2, 0.25) is 0 Å². The van der Waals surface area contributed by atoms with Gasteiger partial charge < -0.3 is 10.4 Å². The predicted octanol–water partition coefficient (Wildman–Crippen LogP) is 3.49. The molecule has 0 heterocycles. The molecule has 0 aliphatic heterocycles. The number of carbonyl (C=O) groups is 1. The third-order valence-electron chi connectivity index (χ3n) is 3.58. The first kappa shape index (κ1) is 16.5. The zero-order chi connectivity index (χ0) is 17.0. The number of carbonyl (C=O) groups excluding carboxylic acids is 1. The van der Waals surface area contributed by atoms with E-state index in [1.165, 1.54) is 12.1 Å². The summed E-state index contributed by atoms with van der Waals surface area (Å²) >= 11 is 0. The number of amides is 1. The average Bonchev–Trinajstić information content (AvgIpc) is 2.48. The quantitative estimate of drug-likeness (QED) is 0.502. The van der Waals surface area contributed by atoms with Crippen molar-refractivity contribution in [2.45, 2.75) is 26.7 Å². The Morgan fingerprint density at radius 3 is 2.61 bits per heavy atom. The standard InChI is InChI=1S/C17H18N2O4/c1-11-3-4-13(12(2)9-11)5-8-17(21)18-15-10-14(19(22)23)6-7-16(15)20/h3-4,6-7,9-10,20H,5,8H2,1-2H3,(H,18,21). The van der Waals surface area contributed by atoms with Crippen molar-refractivity contribution in [3.8, 4) is 5.75 Å². The lowest BCUT2D eigenvalue weighted by molar-refractivity contribution is -0.384. The third-order valence-corrected chi connectivity index (χ3v) is 3.58. The van der Waals surface area contributed by atoms with Gasteiger partial charge in [-0.15, -0.1) is 0 Å². The Bertz CT molecular complexity index is 756. The second-order valence-corrected chi connectivity index (χ2v) is 5.44. The van der Waals surface area contributed by atoms with Gasteiger partial charge in [0.25, 0.3) is 5.69 Å². The molecule has 0 aliphatic carbocycles. The van der Waals surface area contributed by atoms with Crippen molar-refractivity contribution in [2.75, 3.05) is 5.32 Å². The number of aryl methyl sites for hydroxylation is 3. The van der Waals surface area contributed by atoms with E-state index in [-0.39, 0.29) is 29.5 Å². The summed E-state index contributed by atoms with van der Waals surface area (Å²) in [6, 6.07) is 9.55. The third kappa shape index (κ3) is 4.29. The number of anilines is 1. The summed E-state index contributed by atoms with van der Waals surface area (Å²) in [5, 5.41) is 22.9. The lowest BCUT2D eigenvalue weighted by Crippen LogP contribution is -2.13. The summed E-state index contributed by atoms with van der Waals surface area (Å²) in [6.07, 6.45) is 0.791. The number of nitro benzene ring substituents is 1.